The fourth-order valence-electron chi connectivity index (χ4n) is 2.36. The van der Waals surface area contributed by atoms with Crippen molar-refractivity contribution < 1.29 is 23.8 Å². The third-order valence-electron chi connectivity index (χ3n) is 3.78. The van der Waals surface area contributed by atoms with Crippen LogP contribution in [0.25, 0.3) is 0 Å². The number of para-hydroxylation sites is 2. The zero-order valence-corrected chi connectivity index (χ0v) is 14.6. The summed E-state index contributed by atoms with van der Waals surface area (Å²) in [6, 6.07) is 13.9. The van der Waals surface area contributed by atoms with Crippen molar-refractivity contribution in [3.63, 3.8) is 0 Å². The first-order valence-electron chi connectivity index (χ1n) is 8.62. The molecule has 0 aliphatic heterocycles. The molecule has 0 unspecified atom stereocenters. The zero-order valence-electron chi connectivity index (χ0n) is 14.6. The molecule has 0 spiro atoms. The molecule has 0 radical (unpaired) electrons. The van der Waals surface area contributed by atoms with Crippen LogP contribution in [0, 0.1) is 5.92 Å². The standard InChI is InChI=1S/C20H21NO5/c1-2-24-17-8-3-4-9-18(17)26-19(22)13-25-16-7-5-6-15(12-16)21-20(23)14-10-11-14/h3-9,12,14H,2,10-11,13H2,1H3,(H,21,23). The van der Waals surface area contributed by atoms with Gasteiger partial charge in [-0.05, 0) is 44.0 Å². The van der Waals surface area contributed by atoms with Gasteiger partial charge in [0, 0.05) is 17.7 Å². The Hall–Kier alpha value is -3.02. The minimum absolute atomic E-state index is 0.0223. The monoisotopic (exact) mass is 355 g/mol. The van der Waals surface area contributed by atoms with Crippen molar-refractivity contribution in [2.75, 3.05) is 18.5 Å². The quantitative estimate of drug-likeness (QED) is 0.580. The molecule has 1 saturated carbocycles. The second-order valence-corrected chi connectivity index (χ2v) is 5.93. The molecule has 1 N–H and O–H groups in total. The molecule has 0 heterocycles. The highest BCUT2D eigenvalue weighted by atomic mass is 16.6. The number of ether oxygens (including phenoxy) is 3. The van der Waals surface area contributed by atoms with Crippen LogP contribution in [0.15, 0.2) is 48.5 Å². The molecule has 6 nitrogen and oxygen atoms in total. The lowest BCUT2D eigenvalue weighted by Crippen LogP contribution is -2.18. The van der Waals surface area contributed by atoms with E-state index in [1.165, 1.54) is 0 Å². The van der Waals surface area contributed by atoms with Crippen LogP contribution in [0.4, 0.5) is 5.69 Å². The summed E-state index contributed by atoms with van der Waals surface area (Å²) in [7, 11) is 0. The van der Waals surface area contributed by atoms with Crippen LogP contribution in [0.2, 0.25) is 0 Å². The van der Waals surface area contributed by atoms with Crippen molar-refractivity contribution in [3.05, 3.63) is 48.5 Å². The molecule has 1 aliphatic rings. The van der Waals surface area contributed by atoms with Crippen LogP contribution in [-0.4, -0.2) is 25.1 Å². The minimum Gasteiger partial charge on any atom is -0.490 e. The largest absolute Gasteiger partial charge is 0.490 e. The SMILES string of the molecule is CCOc1ccccc1OC(=O)COc1cccc(NC(=O)C2CC2)c1. The van der Waals surface area contributed by atoms with Crippen LogP contribution in [0.5, 0.6) is 17.2 Å². The van der Waals surface area contributed by atoms with E-state index in [2.05, 4.69) is 5.32 Å². The number of nitrogens with one attached hydrogen (secondary N) is 1. The molecule has 2 aromatic rings. The average Bonchev–Trinajstić information content (AvgIpc) is 3.47. The van der Waals surface area contributed by atoms with Gasteiger partial charge in [0.2, 0.25) is 5.91 Å². The molecular weight excluding hydrogens is 334 g/mol. The number of anilines is 1. The van der Waals surface area contributed by atoms with Gasteiger partial charge in [0.1, 0.15) is 5.75 Å². The fourth-order valence-corrected chi connectivity index (χ4v) is 2.36. The Morgan fingerprint density at radius 1 is 1.04 bits per heavy atom. The molecule has 136 valence electrons. The Morgan fingerprint density at radius 3 is 2.54 bits per heavy atom. The normalized spacial score (nSPS) is 13.0. The second-order valence-electron chi connectivity index (χ2n) is 5.93. The van der Waals surface area contributed by atoms with Gasteiger partial charge >= 0.3 is 5.97 Å². The topological polar surface area (TPSA) is 73.9 Å². The summed E-state index contributed by atoms with van der Waals surface area (Å²) in [6.07, 6.45) is 1.88. The van der Waals surface area contributed by atoms with Crippen molar-refractivity contribution in [3.8, 4) is 17.2 Å². The van der Waals surface area contributed by atoms with E-state index in [1.807, 2.05) is 6.92 Å². The number of carbonyl (C=O) groups is 2. The maximum atomic E-state index is 12.0. The highest BCUT2D eigenvalue weighted by Crippen LogP contribution is 2.30. The summed E-state index contributed by atoms with van der Waals surface area (Å²) in [4.78, 5) is 23.8. The van der Waals surface area contributed by atoms with Crippen LogP contribution < -0.4 is 19.5 Å². The van der Waals surface area contributed by atoms with Crippen molar-refractivity contribution in [1.29, 1.82) is 0 Å². The van der Waals surface area contributed by atoms with E-state index in [-0.39, 0.29) is 18.4 Å². The first-order valence-corrected chi connectivity index (χ1v) is 8.62. The lowest BCUT2D eigenvalue weighted by atomic mass is 10.3. The van der Waals surface area contributed by atoms with Gasteiger partial charge in [0.05, 0.1) is 6.61 Å². The maximum Gasteiger partial charge on any atom is 0.349 e. The van der Waals surface area contributed by atoms with Crippen LogP contribution in [-0.2, 0) is 9.59 Å². The molecule has 1 aliphatic carbocycles. The third-order valence-corrected chi connectivity index (χ3v) is 3.78. The number of amides is 1. The van der Waals surface area contributed by atoms with Crippen LogP contribution in [0.3, 0.4) is 0 Å². The maximum absolute atomic E-state index is 12.0. The summed E-state index contributed by atoms with van der Waals surface area (Å²) < 4.78 is 16.2. The Labute approximate surface area is 152 Å². The number of hydrogen-bond acceptors (Lipinski definition) is 5. The highest BCUT2D eigenvalue weighted by Gasteiger charge is 2.29. The summed E-state index contributed by atoms with van der Waals surface area (Å²) >= 11 is 0. The van der Waals surface area contributed by atoms with Crippen LogP contribution >= 0.6 is 0 Å². The molecule has 3 rings (SSSR count). The predicted molar refractivity (Wildman–Crippen MR) is 96.5 cm³/mol. The smallest absolute Gasteiger partial charge is 0.349 e. The first kappa shape index (κ1) is 17.8. The summed E-state index contributed by atoms with van der Waals surface area (Å²) in [6.45, 7) is 2.08. The van der Waals surface area contributed by atoms with Crippen molar-refractivity contribution >= 4 is 17.6 Å². The molecular formula is C20H21NO5. The molecule has 26 heavy (non-hydrogen) atoms. The average molecular weight is 355 g/mol. The number of carbonyl (C=O) groups excluding carboxylic acids is 2. The summed E-state index contributed by atoms with van der Waals surface area (Å²) in [5.74, 6) is 0.953. The van der Waals surface area contributed by atoms with E-state index in [1.54, 1.807) is 48.5 Å². The predicted octanol–water partition coefficient (Wildman–Crippen LogP) is 3.42. The van der Waals surface area contributed by atoms with E-state index >= 15 is 0 Å². The van der Waals surface area contributed by atoms with Crippen molar-refractivity contribution in [1.82, 2.24) is 0 Å². The van der Waals surface area contributed by atoms with E-state index in [0.29, 0.717) is 29.5 Å². The number of esters is 1. The molecule has 2 aromatic carbocycles. The van der Waals surface area contributed by atoms with E-state index in [0.717, 1.165) is 12.8 Å². The van der Waals surface area contributed by atoms with E-state index < -0.39 is 5.97 Å². The minimum atomic E-state index is -0.537. The number of hydrogen-bond donors (Lipinski definition) is 1. The molecule has 1 amide bonds. The first-order chi connectivity index (χ1) is 12.7. The van der Waals surface area contributed by atoms with Gasteiger partial charge in [-0.2, -0.15) is 0 Å². The van der Waals surface area contributed by atoms with E-state index in [4.69, 9.17) is 14.2 Å². The Kier molecular flexibility index (Phi) is 5.73. The van der Waals surface area contributed by atoms with Gasteiger partial charge in [-0.25, -0.2) is 4.79 Å². The van der Waals surface area contributed by atoms with Gasteiger partial charge in [0.15, 0.2) is 18.1 Å². The number of rotatable bonds is 8. The lowest BCUT2D eigenvalue weighted by Gasteiger charge is -2.11. The molecule has 6 heteroatoms. The molecule has 0 aromatic heterocycles. The van der Waals surface area contributed by atoms with Crippen molar-refractivity contribution in [2.45, 2.75) is 19.8 Å². The summed E-state index contributed by atoms with van der Waals surface area (Å²) in [5.41, 5.74) is 0.648. The van der Waals surface area contributed by atoms with Crippen molar-refractivity contribution in [2.24, 2.45) is 5.92 Å². The van der Waals surface area contributed by atoms with Gasteiger partial charge < -0.3 is 19.5 Å². The lowest BCUT2D eigenvalue weighted by molar-refractivity contribution is -0.136. The summed E-state index contributed by atoms with van der Waals surface area (Å²) in [5, 5.41) is 2.84. The highest BCUT2D eigenvalue weighted by molar-refractivity contribution is 5.94. The molecule has 0 atom stereocenters. The van der Waals surface area contributed by atoms with Gasteiger partial charge in [-0.15, -0.1) is 0 Å². The van der Waals surface area contributed by atoms with E-state index in [9.17, 15) is 9.59 Å². The third kappa shape index (κ3) is 4.99. The fraction of sp³-hybridized carbons (Fsp3) is 0.300. The van der Waals surface area contributed by atoms with Gasteiger partial charge in [0.25, 0.3) is 0 Å². The second kappa shape index (κ2) is 8.38. The van der Waals surface area contributed by atoms with Gasteiger partial charge in [-0.1, -0.05) is 18.2 Å². The Balaban J connectivity index is 1.53. The Morgan fingerprint density at radius 2 is 1.81 bits per heavy atom. The zero-order chi connectivity index (χ0) is 18.4. The van der Waals surface area contributed by atoms with Crippen LogP contribution in [0.1, 0.15) is 19.8 Å². The molecule has 0 saturated heterocycles. The van der Waals surface area contributed by atoms with Gasteiger partial charge in [-0.3, -0.25) is 4.79 Å². The molecule has 0 bridgehead atoms. The number of benzene rings is 2. The Bertz CT molecular complexity index is 785. The molecule has 1 fully saturated rings.